The summed E-state index contributed by atoms with van der Waals surface area (Å²) in [6.07, 6.45) is 3.16. The molecule has 0 radical (unpaired) electrons. The highest BCUT2D eigenvalue weighted by Crippen LogP contribution is 2.34. The molecule has 2 rings (SSSR count). The molecule has 1 amide bonds. The molecule has 0 spiro atoms. The van der Waals surface area contributed by atoms with Crippen LogP contribution in [0.2, 0.25) is 0 Å². The topological polar surface area (TPSA) is 66.8 Å². The third-order valence-corrected chi connectivity index (χ3v) is 3.94. The fourth-order valence-electron chi connectivity index (χ4n) is 2.91. The molecule has 1 saturated heterocycles. The lowest BCUT2D eigenvalue weighted by Crippen LogP contribution is -2.38. The van der Waals surface area contributed by atoms with Crippen molar-refractivity contribution in [3.63, 3.8) is 0 Å². The smallest absolute Gasteiger partial charge is 0.307 e. The normalized spacial score (nSPS) is 33.0. The Labute approximate surface area is 101 Å². The molecule has 2 fully saturated rings. The summed E-state index contributed by atoms with van der Waals surface area (Å²) < 4.78 is 5.22. The van der Waals surface area contributed by atoms with E-state index in [2.05, 4.69) is 0 Å². The van der Waals surface area contributed by atoms with Crippen LogP contribution in [0, 0.1) is 11.8 Å². The van der Waals surface area contributed by atoms with Gasteiger partial charge in [-0.1, -0.05) is 6.42 Å². The van der Waals surface area contributed by atoms with E-state index in [4.69, 9.17) is 9.84 Å². The van der Waals surface area contributed by atoms with Crippen LogP contribution in [0.5, 0.6) is 0 Å². The number of carbonyl (C=O) groups is 2. The van der Waals surface area contributed by atoms with Crippen molar-refractivity contribution in [1.29, 1.82) is 0 Å². The molecule has 0 aromatic heterocycles. The lowest BCUT2D eigenvalue weighted by molar-refractivity contribution is -0.148. The second kappa shape index (κ2) is 5.04. The Kier molecular flexibility index (Phi) is 3.66. The number of amides is 1. The summed E-state index contributed by atoms with van der Waals surface area (Å²) in [5.74, 6) is -1.62. The molecule has 5 nitrogen and oxygen atoms in total. The van der Waals surface area contributed by atoms with E-state index in [1.807, 2.05) is 0 Å². The number of likely N-dealkylation sites (tertiary alicyclic amines) is 1. The van der Waals surface area contributed by atoms with E-state index in [0.29, 0.717) is 25.9 Å². The highest BCUT2D eigenvalue weighted by molar-refractivity contribution is 5.85. The Hall–Kier alpha value is -1.10. The van der Waals surface area contributed by atoms with Crippen molar-refractivity contribution in [3.05, 3.63) is 0 Å². The van der Waals surface area contributed by atoms with Crippen molar-refractivity contribution in [2.75, 3.05) is 20.2 Å². The van der Waals surface area contributed by atoms with Gasteiger partial charge < -0.3 is 14.7 Å². The van der Waals surface area contributed by atoms with Crippen molar-refractivity contribution in [2.45, 2.75) is 31.8 Å². The highest BCUT2D eigenvalue weighted by atomic mass is 16.5. The number of aliphatic carboxylic acids is 1. The molecule has 96 valence electrons. The van der Waals surface area contributed by atoms with E-state index in [9.17, 15) is 9.59 Å². The van der Waals surface area contributed by atoms with Crippen LogP contribution in [0.1, 0.15) is 25.7 Å². The molecule has 3 atom stereocenters. The van der Waals surface area contributed by atoms with E-state index in [1.165, 1.54) is 0 Å². The Morgan fingerprint density at radius 2 is 1.94 bits per heavy atom. The minimum absolute atomic E-state index is 0.00875. The fourth-order valence-corrected chi connectivity index (χ4v) is 2.91. The number of nitrogens with zero attached hydrogens (tertiary/aromatic N) is 1. The maximum Gasteiger partial charge on any atom is 0.307 e. The van der Waals surface area contributed by atoms with Gasteiger partial charge in [0, 0.05) is 20.2 Å². The number of carboxylic acid groups (broad SMARTS) is 1. The maximum absolute atomic E-state index is 12.2. The second-order valence-electron chi connectivity index (χ2n) is 4.91. The van der Waals surface area contributed by atoms with Crippen LogP contribution in [-0.4, -0.2) is 48.2 Å². The van der Waals surface area contributed by atoms with E-state index in [1.54, 1.807) is 12.0 Å². The zero-order valence-electron chi connectivity index (χ0n) is 10.1. The van der Waals surface area contributed by atoms with Crippen molar-refractivity contribution < 1.29 is 19.4 Å². The largest absolute Gasteiger partial charge is 0.481 e. The molecule has 1 N–H and O–H groups in total. The number of methoxy groups -OCH3 is 1. The van der Waals surface area contributed by atoms with Crippen molar-refractivity contribution in [3.8, 4) is 0 Å². The molecule has 1 aliphatic carbocycles. The van der Waals surface area contributed by atoms with E-state index in [-0.39, 0.29) is 17.9 Å². The van der Waals surface area contributed by atoms with E-state index in [0.717, 1.165) is 12.8 Å². The summed E-state index contributed by atoms with van der Waals surface area (Å²) in [7, 11) is 1.65. The number of hydrogen-bond donors (Lipinski definition) is 1. The van der Waals surface area contributed by atoms with Crippen LogP contribution in [0.25, 0.3) is 0 Å². The van der Waals surface area contributed by atoms with Crippen LogP contribution in [0.15, 0.2) is 0 Å². The second-order valence-corrected chi connectivity index (χ2v) is 4.91. The average Bonchev–Trinajstić information content (AvgIpc) is 2.97. The van der Waals surface area contributed by atoms with Gasteiger partial charge in [-0.15, -0.1) is 0 Å². The Bertz CT molecular complexity index is 318. The van der Waals surface area contributed by atoms with Crippen molar-refractivity contribution >= 4 is 11.9 Å². The lowest BCUT2D eigenvalue weighted by Gasteiger charge is -2.22. The number of rotatable bonds is 3. The molecule has 0 aromatic carbocycles. The summed E-state index contributed by atoms with van der Waals surface area (Å²) in [6, 6.07) is 0. The van der Waals surface area contributed by atoms with Gasteiger partial charge in [-0.3, -0.25) is 9.59 Å². The lowest BCUT2D eigenvalue weighted by atomic mass is 9.95. The molecule has 1 heterocycles. The summed E-state index contributed by atoms with van der Waals surface area (Å²) in [5, 5.41) is 9.08. The van der Waals surface area contributed by atoms with E-state index < -0.39 is 11.9 Å². The maximum atomic E-state index is 12.2. The molecule has 0 aromatic rings. The third-order valence-electron chi connectivity index (χ3n) is 3.94. The van der Waals surface area contributed by atoms with Gasteiger partial charge in [0.1, 0.15) is 0 Å². The molecular weight excluding hydrogens is 222 g/mol. The van der Waals surface area contributed by atoms with Gasteiger partial charge in [-0.2, -0.15) is 0 Å². The first-order chi connectivity index (χ1) is 8.13. The van der Waals surface area contributed by atoms with Gasteiger partial charge in [0.25, 0.3) is 0 Å². The fraction of sp³-hybridized carbons (Fsp3) is 0.833. The van der Waals surface area contributed by atoms with Gasteiger partial charge in [0.15, 0.2) is 0 Å². The molecule has 1 aliphatic heterocycles. The SMILES string of the molecule is COC1CCN(C(=O)[C@@H]2CCC[C@@H]2C(=O)O)C1. The van der Waals surface area contributed by atoms with Crippen molar-refractivity contribution in [2.24, 2.45) is 11.8 Å². The molecular formula is C12H19NO4. The predicted octanol–water partition coefficient (Wildman–Crippen LogP) is 0.735. The zero-order valence-corrected chi connectivity index (χ0v) is 10.1. The number of hydrogen-bond acceptors (Lipinski definition) is 3. The molecule has 0 bridgehead atoms. The summed E-state index contributed by atoms with van der Waals surface area (Å²) in [4.78, 5) is 25.1. The van der Waals surface area contributed by atoms with Gasteiger partial charge in [0.05, 0.1) is 17.9 Å². The van der Waals surface area contributed by atoms with Gasteiger partial charge in [0.2, 0.25) is 5.91 Å². The van der Waals surface area contributed by atoms with Crippen molar-refractivity contribution in [1.82, 2.24) is 4.90 Å². The average molecular weight is 241 g/mol. The monoisotopic (exact) mass is 241 g/mol. The van der Waals surface area contributed by atoms with Gasteiger partial charge in [-0.05, 0) is 19.3 Å². The molecule has 17 heavy (non-hydrogen) atoms. The Morgan fingerprint density at radius 1 is 1.24 bits per heavy atom. The van der Waals surface area contributed by atoms with Gasteiger partial charge in [-0.25, -0.2) is 0 Å². The van der Waals surface area contributed by atoms with Gasteiger partial charge >= 0.3 is 5.97 Å². The molecule has 5 heteroatoms. The minimum atomic E-state index is -0.830. The number of carbonyl (C=O) groups excluding carboxylic acids is 1. The number of ether oxygens (including phenoxy) is 1. The molecule has 1 unspecified atom stereocenters. The molecule has 1 saturated carbocycles. The highest BCUT2D eigenvalue weighted by Gasteiger charge is 2.41. The summed E-state index contributed by atoms with van der Waals surface area (Å²) in [5.41, 5.74) is 0. The Morgan fingerprint density at radius 3 is 2.53 bits per heavy atom. The first-order valence-electron chi connectivity index (χ1n) is 6.18. The zero-order chi connectivity index (χ0) is 12.4. The number of carboxylic acids is 1. The summed E-state index contributed by atoms with van der Waals surface area (Å²) in [6.45, 7) is 1.30. The minimum Gasteiger partial charge on any atom is -0.481 e. The van der Waals surface area contributed by atoms with Crippen LogP contribution >= 0.6 is 0 Å². The van der Waals surface area contributed by atoms with E-state index >= 15 is 0 Å². The first-order valence-corrected chi connectivity index (χ1v) is 6.18. The standard InChI is InChI=1S/C12H19NO4/c1-17-8-5-6-13(7-8)11(14)9-3-2-4-10(9)12(15)16/h8-10H,2-7H2,1H3,(H,15,16)/t8?,9-,10+/m1/s1. The Balaban J connectivity index is 1.98. The van der Waals surface area contributed by atoms with Crippen LogP contribution < -0.4 is 0 Å². The van der Waals surface area contributed by atoms with Crippen LogP contribution in [-0.2, 0) is 14.3 Å². The van der Waals surface area contributed by atoms with Crippen LogP contribution in [0.4, 0.5) is 0 Å². The summed E-state index contributed by atoms with van der Waals surface area (Å²) >= 11 is 0. The van der Waals surface area contributed by atoms with Crippen LogP contribution in [0.3, 0.4) is 0 Å². The third kappa shape index (κ3) is 2.44. The predicted molar refractivity (Wildman–Crippen MR) is 60.5 cm³/mol. The first kappa shape index (κ1) is 12.4. The quantitative estimate of drug-likeness (QED) is 0.791. The molecule has 2 aliphatic rings.